The Hall–Kier alpha value is -0.520. The average molecular weight is 322 g/mol. The monoisotopic (exact) mass is 321 g/mol. The summed E-state index contributed by atoms with van der Waals surface area (Å²) in [6, 6.07) is 2.66. The van der Waals surface area contributed by atoms with Gasteiger partial charge in [0.15, 0.2) is 0 Å². The maximum atomic E-state index is 13.8. The Kier molecular flexibility index (Phi) is 6.75. The first kappa shape index (κ1) is 15.5. The van der Waals surface area contributed by atoms with Crippen LogP contribution >= 0.6 is 15.9 Å². The summed E-state index contributed by atoms with van der Waals surface area (Å²) in [6.07, 6.45) is 0. The van der Waals surface area contributed by atoms with E-state index in [-0.39, 0.29) is 12.1 Å². The van der Waals surface area contributed by atoms with Gasteiger partial charge in [-0.25, -0.2) is 8.78 Å². The first-order valence-electron chi connectivity index (χ1n) is 6.02. The first-order chi connectivity index (χ1) is 8.60. The van der Waals surface area contributed by atoms with E-state index in [0.717, 1.165) is 6.54 Å². The molecule has 0 saturated carbocycles. The summed E-state index contributed by atoms with van der Waals surface area (Å²) < 4.78 is 32.9. The van der Waals surface area contributed by atoms with Crippen molar-refractivity contribution in [2.24, 2.45) is 0 Å². The van der Waals surface area contributed by atoms with E-state index in [4.69, 9.17) is 4.74 Å². The quantitative estimate of drug-likeness (QED) is 0.562. The largest absolute Gasteiger partial charge is 0.380 e. The number of halogens is 3. The van der Waals surface area contributed by atoms with Crippen LogP contribution in [0.1, 0.15) is 19.4 Å². The van der Waals surface area contributed by atoms with E-state index in [1.165, 1.54) is 12.1 Å². The highest BCUT2D eigenvalue weighted by atomic mass is 79.9. The minimum Gasteiger partial charge on any atom is -0.380 e. The van der Waals surface area contributed by atoms with E-state index in [1.54, 1.807) is 0 Å². The summed E-state index contributed by atoms with van der Waals surface area (Å²) >= 11 is 3.07. The maximum Gasteiger partial charge on any atom is 0.144 e. The molecule has 1 aromatic carbocycles. The molecular formula is C13H18BrF2NO. The van der Waals surface area contributed by atoms with Crippen LogP contribution in [0.25, 0.3) is 0 Å². The van der Waals surface area contributed by atoms with Crippen LogP contribution in [0.3, 0.4) is 0 Å². The Bertz CT molecular complexity index is 387. The zero-order valence-electron chi connectivity index (χ0n) is 10.7. The minimum atomic E-state index is -0.523. The molecule has 0 atom stereocenters. The number of hydrogen-bond acceptors (Lipinski definition) is 2. The van der Waals surface area contributed by atoms with Crippen molar-refractivity contribution in [3.63, 3.8) is 0 Å². The third-order valence-corrected chi connectivity index (χ3v) is 3.34. The highest BCUT2D eigenvalue weighted by molar-refractivity contribution is 9.10. The second-order valence-electron chi connectivity index (χ2n) is 3.89. The number of ether oxygens (including phenoxy) is 1. The van der Waals surface area contributed by atoms with Gasteiger partial charge in [-0.3, -0.25) is 4.90 Å². The molecule has 0 aromatic heterocycles. The molecule has 1 aromatic rings. The minimum absolute atomic E-state index is 0.0997. The summed E-state index contributed by atoms with van der Waals surface area (Å²) in [5.74, 6) is -1.03. The molecule has 0 saturated heterocycles. The highest BCUT2D eigenvalue weighted by Crippen LogP contribution is 2.22. The molecule has 0 aliphatic heterocycles. The Balaban J connectivity index is 2.72. The van der Waals surface area contributed by atoms with Gasteiger partial charge in [0.2, 0.25) is 0 Å². The normalized spacial score (nSPS) is 11.2. The molecule has 0 heterocycles. The van der Waals surface area contributed by atoms with E-state index in [2.05, 4.69) is 15.9 Å². The SMILES string of the molecule is CCOCCN(CC)Cc1c(F)ccc(Br)c1F. The molecule has 0 fully saturated rings. The van der Waals surface area contributed by atoms with Crippen LogP contribution in [-0.4, -0.2) is 31.2 Å². The predicted octanol–water partition coefficient (Wildman–Crippen LogP) is 3.59. The lowest BCUT2D eigenvalue weighted by molar-refractivity contribution is 0.112. The van der Waals surface area contributed by atoms with Crippen LogP contribution < -0.4 is 0 Å². The standard InChI is InChI=1S/C13H18BrF2NO/c1-3-17(7-8-18-4-2)9-10-12(15)6-5-11(14)13(10)16/h5-6H,3-4,7-9H2,1-2H3. The van der Waals surface area contributed by atoms with Crippen molar-refractivity contribution < 1.29 is 13.5 Å². The topological polar surface area (TPSA) is 12.5 Å². The van der Waals surface area contributed by atoms with Gasteiger partial charge in [-0.1, -0.05) is 6.92 Å². The molecule has 0 spiro atoms. The first-order valence-corrected chi connectivity index (χ1v) is 6.81. The van der Waals surface area contributed by atoms with Crippen molar-refractivity contribution in [2.75, 3.05) is 26.3 Å². The van der Waals surface area contributed by atoms with Gasteiger partial charge in [-0.05, 0) is 41.5 Å². The maximum absolute atomic E-state index is 13.8. The fourth-order valence-corrected chi connectivity index (χ4v) is 2.00. The lowest BCUT2D eigenvalue weighted by Crippen LogP contribution is -2.28. The average Bonchev–Trinajstić information content (AvgIpc) is 2.37. The van der Waals surface area contributed by atoms with Crippen molar-refractivity contribution in [3.8, 4) is 0 Å². The number of rotatable bonds is 7. The highest BCUT2D eigenvalue weighted by Gasteiger charge is 2.15. The molecule has 0 bridgehead atoms. The lowest BCUT2D eigenvalue weighted by Gasteiger charge is -2.21. The molecule has 102 valence electrons. The van der Waals surface area contributed by atoms with Gasteiger partial charge in [0.05, 0.1) is 11.1 Å². The molecule has 0 unspecified atom stereocenters. The fraction of sp³-hybridized carbons (Fsp3) is 0.538. The molecule has 0 N–H and O–H groups in total. The number of hydrogen-bond donors (Lipinski definition) is 0. The van der Waals surface area contributed by atoms with Gasteiger partial charge < -0.3 is 4.74 Å². The van der Waals surface area contributed by atoms with Crippen LogP contribution in [0.4, 0.5) is 8.78 Å². The molecular weight excluding hydrogens is 304 g/mol. The van der Waals surface area contributed by atoms with Crippen molar-refractivity contribution in [3.05, 3.63) is 33.8 Å². The zero-order valence-corrected chi connectivity index (χ0v) is 12.3. The van der Waals surface area contributed by atoms with E-state index < -0.39 is 11.6 Å². The van der Waals surface area contributed by atoms with Crippen molar-refractivity contribution in [1.29, 1.82) is 0 Å². The third kappa shape index (κ3) is 4.30. The van der Waals surface area contributed by atoms with Crippen LogP contribution in [-0.2, 0) is 11.3 Å². The zero-order chi connectivity index (χ0) is 13.5. The van der Waals surface area contributed by atoms with Crippen LogP contribution in [0.15, 0.2) is 16.6 Å². The molecule has 5 heteroatoms. The number of nitrogens with zero attached hydrogens (tertiary/aromatic N) is 1. The van der Waals surface area contributed by atoms with Gasteiger partial charge in [-0.15, -0.1) is 0 Å². The van der Waals surface area contributed by atoms with Crippen LogP contribution in [0.2, 0.25) is 0 Å². The fourth-order valence-electron chi connectivity index (χ4n) is 1.62. The summed E-state index contributed by atoms with van der Waals surface area (Å²) in [6.45, 7) is 6.73. The van der Waals surface area contributed by atoms with Crippen LogP contribution in [0.5, 0.6) is 0 Å². The second-order valence-corrected chi connectivity index (χ2v) is 4.74. The second kappa shape index (κ2) is 7.81. The third-order valence-electron chi connectivity index (χ3n) is 2.72. The molecule has 0 radical (unpaired) electrons. The molecule has 1 rings (SSSR count). The van der Waals surface area contributed by atoms with E-state index >= 15 is 0 Å². The van der Waals surface area contributed by atoms with Crippen molar-refractivity contribution >= 4 is 15.9 Å². The lowest BCUT2D eigenvalue weighted by atomic mass is 10.2. The van der Waals surface area contributed by atoms with Gasteiger partial charge in [0.25, 0.3) is 0 Å². The Morgan fingerprint density at radius 2 is 2.00 bits per heavy atom. The predicted molar refractivity (Wildman–Crippen MR) is 71.5 cm³/mol. The smallest absolute Gasteiger partial charge is 0.144 e. The molecule has 0 amide bonds. The van der Waals surface area contributed by atoms with Crippen LogP contribution in [0, 0.1) is 11.6 Å². The molecule has 18 heavy (non-hydrogen) atoms. The van der Waals surface area contributed by atoms with E-state index in [9.17, 15) is 8.78 Å². The van der Waals surface area contributed by atoms with Gasteiger partial charge >= 0.3 is 0 Å². The Labute approximate surface area is 115 Å². The molecule has 0 aliphatic carbocycles. The van der Waals surface area contributed by atoms with E-state index in [0.29, 0.717) is 24.2 Å². The van der Waals surface area contributed by atoms with Crippen molar-refractivity contribution in [1.82, 2.24) is 4.90 Å². The Morgan fingerprint density at radius 3 is 2.61 bits per heavy atom. The van der Waals surface area contributed by atoms with E-state index in [1.807, 2.05) is 18.7 Å². The van der Waals surface area contributed by atoms with Gasteiger partial charge in [0, 0.05) is 25.3 Å². The van der Waals surface area contributed by atoms with Gasteiger partial charge in [0.1, 0.15) is 11.6 Å². The summed E-state index contributed by atoms with van der Waals surface area (Å²) in [5.41, 5.74) is 0.0997. The summed E-state index contributed by atoms with van der Waals surface area (Å²) in [7, 11) is 0. The Morgan fingerprint density at radius 1 is 1.28 bits per heavy atom. The van der Waals surface area contributed by atoms with Crippen molar-refractivity contribution in [2.45, 2.75) is 20.4 Å². The summed E-state index contributed by atoms with van der Waals surface area (Å²) in [5, 5.41) is 0. The summed E-state index contributed by atoms with van der Waals surface area (Å²) in [4.78, 5) is 1.95. The van der Waals surface area contributed by atoms with Gasteiger partial charge in [-0.2, -0.15) is 0 Å². The number of likely N-dealkylation sites (N-methyl/N-ethyl adjacent to an activating group) is 1. The number of benzene rings is 1. The molecule has 2 nitrogen and oxygen atoms in total. The molecule has 0 aliphatic rings.